The Labute approximate surface area is 40.9 Å². The van der Waals surface area contributed by atoms with Crippen molar-refractivity contribution in [2.45, 2.75) is 0 Å². The summed E-state index contributed by atoms with van der Waals surface area (Å²) in [6.07, 6.45) is 0. The Morgan fingerprint density at radius 2 is 1.20 bits per heavy atom. The Hall–Kier alpha value is 0.253. The molecule has 0 atom stereocenters. The first-order valence-corrected chi connectivity index (χ1v) is 2.72. The van der Waals surface area contributed by atoms with Crippen molar-refractivity contribution < 1.29 is 12.5 Å². The molecule has 0 aliphatic carbocycles. The molecule has 0 rings (SSSR count). The molecule has 0 amide bonds. The van der Waals surface area contributed by atoms with Crippen molar-refractivity contribution in [3.05, 3.63) is 0 Å². The van der Waals surface area contributed by atoms with E-state index >= 15 is 0 Å². The van der Waals surface area contributed by atoms with E-state index in [1.165, 1.54) is 0 Å². The number of hydrogen-bond donors (Lipinski definition) is 0. The summed E-state index contributed by atoms with van der Waals surface area (Å²) in [6.45, 7) is 0. The molecule has 0 fully saturated rings. The van der Waals surface area contributed by atoms with Crippen LogP contribution in [0.4, 0.5) is 0 Å². The molecule has 0 aliphatic heterocycles. The molecule has 26 valence electrons. The average molecular weight is 147 g/mol. The van der Waals surface area contributed by atoms with Gasteiger partial charge in [0, 0.05) is 0 Å². The van der Waals surface area contributed by atoms with Gasteiger partial charge in [-0.05, 0) is 0 Å². The van der Waals surface area contributed by atoms with Gasteiger partial charge < -0.3 is 0 Å². The minimum atomic E-state index is -1.42. The molecule has 0 aliphatic rings. The van der Waals surface area contributed by atoms with Crippen LogP contribution in [-0.2, 0) is 12.5 Å². The summed E-state index contributed by atoms with van der Waals surface area (Å²) in [5, 5.41) is 0. The van der Waals surface area contributed by atoms with Crippen LogP contribution in [0.3, 0.4) is 0 Å². The monoisotopic (exact) mass is 146 g/mol. The standard InChI is InChI=1S/Ga.O2Si.O.H/c;1-3-2;;. The van der Waals surface area contributed by atoms with Gasteiger partial charge in [0.05, 0.1) is 0 Å². The molecule has 0 aromatic carbocycles. The molecular weight excluding hydrogens is 146 g/mol. The van der Waals surface area contributed by atoms with E-state index in [1.807, 2.05) is 0 Å². The Kier molecular flexibility index (Phi) is 51.5. The SMILES string of the molecule is O=[Si]=O.[O]=[GaH]. The third kappa shape index (κ3) is 337. The third-order valence-corrected chi connectivity index (χ3v) is 0. The summed E-state index contributed by atoms with van der Waals surface area (Å²) in [4.78, 5) is 0. The van der Waals surface area contributed by atoms with Gasteiger partial charge in [-0.25, -0.2) is 0 Å². The second-order valence-corrected chi connectivity index (χ2v) is 0.250. The molecule has 0 saturated carbocycles. The van der Waals surface area contributed by atoms with Crippen molar-refractivity contribution in [3.8, 4) is 0 Å². The van der Waals surface area contributed by atoms with Crippen molar-refractivity contribution >= 4 is 27.8 Å². The van der Waals surface area contributed by atoms with Crippen LogP contribution in [0.5, 0.6) is 0 Å². The predicted octanol–water partition coefficient (Wildman–Crippen LogP) is -1.39. The summed E-state index contributed by atoms with van der Waals surface area (Å²) in [5.41, 5.74) is 0. The van der Waals surface area contributed by atoms with Crippen LogP contribution >= 0.6 is 0 Å². The molecule has 0 N–H and O–H groups in total. The van der Waals surface area contributed by atoms with Gasteiger partial charge >= 0.3 is 31.4 Å². The molecular formula is HGaO3Si. The van der Waals surface area contributed by atoms with E-state index < -0.39 is 9.29 Å². The van der Waals surface area contributed by atoms with Crippen molar-refractivity contribution in [2.75, 3.05) is 0 Å². The molecule has 5 heavy (non-hydrogen) atoms. The molecule has 0 spiro atoms. The fourth-order valence-corrected chi connectivity index (χ4v) is 0. The van der Waals surface area contributed by atoms with Gasteiger partial charge in [0.1, 0.15) is 0 Å². The van der Waals surface area contributed by atoms with E-state index in [1.54, 1.807) is 0 Å². The molecule has 5 heteroatoms. The Morgan fingerprint density at radius 1 is 1.20 bits per heavy atom. The van der Waals surface area contributed by atoms with E-state index in [9.17, 15) is 0 Å². The summed E-state index contributed by atoms with van der Waals surface area (Å²) in [6, 6.07) is 0. The van der Waals surface area contributed by atoms with E-state index in [0.717, 1.165) is 0 Å². The van der Waals surface area contributed by atoms with Crippen LogP contribution in [0, 0.1) is 0 Å². The zero-order chi connectivity index (χ0) is 4.71. The molecule has 0 aromatic heterocycles. The molecule has 0 unspecified atom stereocenters. The number of hydrogen-bond acceptors (Lipinski definition) is 3. The molecule has 3 nitrogen and oxygen atoms in total. The first-order chi connectivity index (χ1) is 2.41. The fourth-order valence-electron chi connectivity index (χ4n) is 0. The Bertz CT molecular complexity index is 36.2. The molecule has 0 saturated heterocycles. The van der Waals surface area contributed by atoms with Crippen LogP contribution in [-0.4, -0.2) is 27.8 Å². The predicted molar refractivity (Wildman–Crippen MR) is 15.0 cm³/mol. The van der Waals surface area contributed by atoms with Crippen LogP contribution in [0.25, 0.3) is 0 Å². The van der Waals surface area contributed by atoms with Gasteiger partial charge in [0.15, 0.2) is 0 Å². The third-order valence-electron chi connectivity index (χ3n) is 0. The Balaban J connectivity index is 0. The minimum absolute atomic E-state index is 0.125. The van der Waals surface area contributed by atoms with Crippen molar-refractivity contribution in [1.82, 2.24) is 0 Å². The molecule has 0 radical (unpaired) electrons. The second-order valence-electron chi connectivity index (χ2n) is 0.0833. The second kappa shape index (κ2) is 28.7. The zero-order valence-electron chi connectivity index (χ0n) is 2.43. The summed E-state index contributed by atoms with van der Waals surface area (Å²) in [5.74, 6) is 0. The van der Waals surface area contributed by atoms with Crippen LogP contribution in [0.2, 0.25) is 0 Å². The van der Waals surface area contributed by atoms with E-state index in [-0.39, 0.29) is 18.6 Å². The van der Waals surface area contributed by atoms with Crippen LogP contribution in [0.1, 0.15) is 0 Å². The van der Waals surface area contributed by atoms with Crippen molar-refractivity contribution in [1.29, 1.82) is 0 Å². The van der Waals surface area contributed by atoms with Gasteiger partial charge in [-0.1, -0.05) is 0 Å². The van der Waals surface area contributed by atoms with Gasteiger partial charge in [-0.3, -0.25) is 8.92 Å². The summed E-state index contributed by atoms with van der Waals surface area (Å²) < 4.78 is 25.2. The van der Waals surface area contributed by atoms with Crippen molar-refractivity contribution in [2.24, 2.45) is 0 Å². The van der Waals surface area contributed by atoms with Gasteiger partial charge in [0.2, 0.25) is 0 Å². The topological polar surface area (TPSA) is 51.2 Å². The van der Waals surface area contributed by atoms with E-state index in [4.69, 9.17) is 12.5 Å². The first kappa shape index (κ1) is 8.98. The molecule has 0 heterocycles. The maximum atomic E-state index is 8.40. The van der Waals surface area contributed by atoms with Crippen LogP contribution in [0.15, 0.2) is 0 Å². The quantitative estimate of drug-likeness (QED) is 0.396. The van der Waals surface area contributed by atoms with Gasteiger partial charge in [0.25, 0.3) is 0 Å². The van der Waals surface area contributed by atoms with E-state index in [2.05, 4.69) is 0 Å². The zero-order valence-corrected chi connectivity index (χ0v) is 6.40. The fraction of sp³-hybridized carbons (Fsp3) is 0. The molecule has 0 aromatic rings. The van der Waals surface area contributed by atoms with Crippen LogP contribution < -0.4 is 0 Å². The number of rotatable bonds is 0. The van der Waals surface area contributed by atoms with Gasteiger partial charge in [-0.15, -0.1) is 0 Å². The normalized spacial score (nSPS) is 2.20. The maximum absolute atomic E-state index is 8.40. The van der Waals surface area contributed by atoms with E-state index in [0.29, 0.717) is 0 Å². The van der Waals surface area contributed by atoms with Gasteiger partial charge in [-0.2, -0.15) is 0 Å². The average Bonchev–Trinajstić information content (AvgIpc) is 1.46. The van der Waals surface area contributed by atoms with Crippen molar-refractivity contribution in [3.63, 3.8) is 0 Å². The summed E-state index contributed by atoms with van der Waals surface area (Å²) >= 11 is 0.125. The molecule has 0 bridgehead atoms. The first-order valence-electron chi connectivity index (χ1n) is 0.697. The summed E-state index contributed by atoms with van der Waals surface area (Å²) in [7, 11) is -1.42. The Morgan fingerprint density at radius 3 is 1.20 bits per heavy atom.